The summed E-state index contributed by atoms with van der Waals surface area (Å²) < 4.78 is 8.37. The maximum absolute atomic E-state index is 6.07. The molecule has 3 aromatic rings. The molecule has 120 valence electrons. The van der Waals surface area contributed by atoms with Crippen molar-refractivity contribution in [2.24, 2.45) is 0 Å². The van der Waals surface area contributed by atoms with E-state index in [9.17, 15) is 0 Å². The number of imidazole rings is 1. The maximum Gasteiger partial charge on any atom is 0.147 e. The fraction of sp³-hybridized carbons (Fsp3) is 0.350. The number of hydrogen-bond acceptors (Lipinski definition) is 2. The highest BCUT2D eigenvalue weighted by Gasteiger charge is 2.11. The number of fused-ring (bicyclic) bond motifs is 1. The van der Waals surface area contributed by atoms with Crippen molar-refractivity contribution in [2.45, 2.75) is 46.8 Å². The van der Waals surface area contributed by atoms with Crippen LogP contribution in [-0.4, -0.2) is 9.55 Å². The van der Waals surface area contributed by atoms with Gasteiger partial charge in [-0.2, -0.15) is 0 Å². The highest BCUT2D eigenvalue weighted by Crippen LogP contribution is 2.22. The van der Waals surface area contributed by atoms with E-state index in [0.717, 1.165) is 35.6 Å². The Bertz CT molecular complexity index is 805. The van der Waals surface area contributed by atoms with Gasteiger partial charge in [-0.15, -0.1) is 0 Å². The molecule has 3 rings (SSSR count). The smallest absolute Gasteiger partial charge is 0.147 e. The average Bonchev–Trinajstić information content (AvgIpc) is 2.91. The van der Waals surface area contributed by atoms with Crippen molar-refractivity contribution in [3.8, 4) is 5.75 Å². The van der Waals surface area contributed by atoms with Gasteiger partial charge in [0.15, 0.2) is 0 Å². The minimum Gasteiger partial charge on any atom is -0.485 e. The number of benzene rings is 2. The van der Waals surface area contributed by atoms with Crippen LogP contribution in [0.1, 0.15) is 36.7 Å². The second-order valence-electron chi connectivity index (χ2n) is 6.08. The number of aryl methyl sites for hydroxylation is 3. The Balaban J connectivity index is 1.88. The summed E-state index contributed by atoms with van der Waals surface area (Å²) >= 11 is 0. The zero-order valence-corrected chi connectivity index (χ0v) is 14.2. The third-order valence-electron chi connectivity index (χ3n) is 4.17. The first-order valence-corrected chi connectivity index (χ1v) is 8.33. The van der Waals surface area contributed by atoms with Gasteiger partial charge in [-0.05, 0) is 49.6 Å². The molecular weight excluding hydrogens is 284 g/mol. The summed E-state index contributed by atoms with van der Waals surface area (Å²) in [4.78, 5) is 4.77. The summed E-state index contributed by atoms with van der Waals surface area (Å²) in [7, 11) is 0. The third kappa shape index (κ3) is 3.39. The van der Waals surface area contributed by atoms with E-state index in [1.807, 2.05) is 6.07 Å². The molecule has 0 unspecified atom stereocenters. The Morgan fingerprint density at radius 3 is 2.74 bits per heavy atom. The maximum atomic E-state index is 6.07. The van der Waals surface area contributed by atoms with Crippen LogP contribution in [0.4, 0.5) is 0 Å². The summed E-state index contributed by atoms with van der Waals surface area (Å²) in [5.74, 6) is 1.94. The van der Waals surface area contributed by atoms with Gasteiger partial charge in [0, 0.05) is 6.54 Å². The number of hydrogen-bond donors (Lipinski definition) is 0. The molecule has 1 heterocycles. The number of ether oxygens (including phenoxy) is 1. The lowest BCUT2D eigenvalue weighted by Gasteiger charge is -2.12. The van der Waals surface area contributed by atoms with Gasteiger partial charge in [-0.25, -0.2) is 4.98 Å². The Hall–Kier alpha value is -2.29. The number of rotatable bonds is 6. The Labute approximate surface area is 137 Å². The molecule has 0 aliphatic heterocycles. The van der Waals surface area contributed by atoms with Gasteiger partial charge in [0.2, 0.25) is 0 Å². The third-order valence-corrected chi connectivity index (χ3v) is 4.17. The van der Waals surface area contributed by atoms with E-state index in [1.165, 1.54) is 17.5 Å². The first-order valence-electron chi connectivity index (χ1n) is 8.33. The van der Waals surface area contributed by atoms with Crippen molar-refractivity contribution in [3.05, 3.63) is 59.4 Å². The van der Waals surface area contributed by atoms with Crippen molar-refractivity contribution >= 4 is 11.0 Å². The Kier molecular flexibility index (Phi) is 4.65. The standard InChI is InChI=1S/C20H24N2O/c1-4-5-12-22-18-9-7-6-8-17(18)21-20(22)14-23-19-13-15(2)10-11-16(19)3/h6-11,13H,4-5,12,14H2,1-3H3. The highest BCUT2D eigenvalue weighted by molar-refractivity contribution is 5.75. The van der Waals surface area contributed by atoms with Crippen molar-refractivity contribution in [3.63, 3.8) is 0 Å². The van der Waals surface area contributed by atoms with Crippen molar-refractivity contribution in [1.82, 2.24) is 9.55 Å². The fourth-order valence-electron chi connectivity index (χ4n) is 2.81. The molecule has 0 fully saturated rings. The quantitative estimate of drug-likeness (QED) is 0.638. The van der Waals surface area contributed by atoms with Crippen molar-refractivity contribution in [2.75, 3.05) is 0 Å². The van der Waals surface area contributed by atoms with Crippen molar-refractivity contribution < 1.29 is 4.74 Å². The zero-order chi connectivity index (χ0) is 16.2. The average molecular weight is 308 g/mol. The first kappa shape index (κ1) is 15.6. The van der Waals surface area contributed by atoms with E-state index in [1.54, 1.807) is 0 Å². The summed E-state index contributed by atoms with van der Waals surface area (Å²) in [5.41, 5.74) is 4.61. The minimum atomic E-state index is 0.503. The molecule has 3 heteroatoms. The topological polar surface area (TPSA) is 27.1 Å². The van der Waals surface area contributed by atoms with Gasteiger partial charge in [-0.1, -0.05) is 37.6 Å². The molecule has 3 nitrogen and oxygen atoms in total. The van der Waals surface area contributed by atoms with Gasteiger partial charge < -0.3 is 9.30 Å². The van der Waals surface area contributed by atoms with Crippen molar-refractivity contribution in [1.29, 1.82) is 0 Å². The summed E-state index contributed by atoms with van der Waals surface area (Å²) in [6.07, 6.45) is 2.32. The second-order valence-corrected chi connectivity index (χ2v) is 6.08. The van der Waals surface area contributed by atoms with Gasteiger partial charge in [-0.3, -0.25) is 0 Å². The molecule has 2 aromatic carbocycles. The van der Waals surface area contributed by atoms with Crippen LogP contribution < -0.4 is 4.74 Å². The molecule has 0 bridgehead atoms. The van der Waals surface area contributed by atoms with Crippen LogP contribution in [0.2, 0.25) is 0 Å². The first-order chi connectivity index (χ1) is 11.2. The second kappa shape index (κ2) is 6.86. The van der Waals surface area contributed by atoms with Crippen LogP contribution in [0.25, 0.3) is 11.0 Å². The lowest BCUT2D eigenvalue weighted by Crippen LogP contribution is -2.08. The van der Waals surface area contributed by atoms with E-state index in [2.05, 4.69) is 61.7 Å². The van der Waals surface area contributed by atoms with E-state index in [0.29, 0.717) is 6.61 Å². The molecule has 0 aliphatic carbocycles. The lowest BCUT2D eigenvalue weighted by atomic mass is 10.1. The molecule has 0 saturated carbocycles. The van der Waals surface area contributed by atoms with Crippen LogP contribution in [-0.2, 0) is 13.2 Å². The molecule has 1 aromatic heterocycles. The predicted octanol–water partition coefficient (Wildman–Crippen LogP) is 5.03. The summed E-state index contributed by atoms with van der Waals surface area (Å²) in [5, 5.41) is 0. The Morgan fingerprint density at radius 1 is 1.09 bits per heavy atom. The van der Waals surface area contributed by atoms with Gasteiger partial charge in [0.05, 0.1) is 11.0 Å². The van der Waals surface area contributed by atoms with E-state index < -0.39 is 0 Å². The largest absolute Gasteiger partial charge is 0.485 e. The van der Waals surface area contributed by atoms with Crippen LogP contribution in [0.3, 0.4) is 0 Å². The number of para-hydroxylation sites is 2. The van der Waals surface area contributed by atoms with Crippen LogP contribution >= 0.6 is 0 Å². The molecule has 0 spiro atoms. The molecule has 0 aliphatic rings. The SMILES string of the molecule is CCCCn1c(COc2cc(C)ccc2C)nc2ccccc21. The lowest BCUT2D eigenvalue weighted by molar-refractivity contribution is 0.287. The van der Waals surface area contributed by atoms with Gasteiger partial charge >= 0.3 is 0 Å². The number of nitrogens with zero attached hydrogens (tertiary/aromatic N) is 2. The number of aromatic nitrogens is 2. The minimum absolute atomic E-state index is 0.503. The van der Waals surface area contributed by atoms with Gasteiger partial charge in [0.1, 0.15) is 18.2 Å². The normalized spacial score (nSPS) is 11.1. The zero-order valence-electron chi connectivity index (χ0n) is 14.2. The molecule has 23 heavy (non-hydrogen) atoms. The molecule has 0 N–H and O–H groups in total. The van der Waals surface area contributed by atoms with Gasteiger partial charge in [0.25, 0.3) is 0 Å². The number of unbranched alkanes of at least 4 members (excludes halogenated alkanes) is 1. The van der Waals surface area contributed by atoms with Crippen LogP contribution in [0.15, 0.2) is 42.5 Å². The molecule has 0 radical (unpaired) electrons. The van der Waals surface area contributed by atoms with E-state index >= 15 is 0 Å². The monoisotopic (exact) mass is 308 g/mol. The molecule has 0 atom stereocenters. The fourth-order valence-corrected chi connectivity index (χ4v) is 2.81. The summed E-state index contributed by atoms with van der Waals surface area (Å²) in [6, 6.07) is 14.6. The summed E-state index contributed by atoms with van der Waals surface area (Å²) in [6.45, 7) is 7.87. The van der Waals surface area contributed by atoms with Crippen LogP contribution in [0, 0.1) is 13.8 Å². The van der Waals surface area contributed by atoms with E-state index in [-0.39, 0.29) is 0 Å². The highest BCUT2D eigenvalue weighted by atomic mass is 16.5. The van der Waals surface area contributed by atoms with Crippen LogP contribution in [0.5, 0.6) is 5.75 Å². The predicted molar refractivity (Wildman–Crippen MR) is 94.9 cm³/mol. The Morgan fingerprint density at radius 2 is 1.91 bits per heavy atom. The van der Waals surface area contributed by atoms with E-state index in [4.69, 9.17) is 9.72 Å². The molecule has 0 saturated heterocycles. The molecule has 0 amide bonds. The molecular formula is C20H24N2O.